The minimum atomic E-state index is -0.906. The monoisotopic (exact) mass is 618 g/mol. The van der Waals surface area contributed by atoms with E-state index in [2.05, 4.69) is 27.2 Å². The average Bonchev–Trinajstić information content (AvgIpc) is 3.53. The molecule has 2 aromatic rings. The minimum absolute atomic E-state index is 0.0135. The van der Waals surface area contributed by atoms with Crippen LogP contribution in [0.1, 0.15) is 71.7 Å². The lowest BCUT2D eigenvalue weighted by Gasteiger charge is -2.12. The summed E-state index contributed by atoms with van der Waals surface area (Å²) in [6.45, 7) is 11.4. The zero-order valence-corrected chi connectivity index (χ0v) is 26.2. The SMILES string of the molecule is C=CC1=C(C)/C(=C\c2[nH]c(Cc3[nH]c(/C=C4\NC(=O)[C@H](C)C4[C@H]4CS4)c(C)c3CCC(=O)O)c(CCC(=O)O)c2C)NC1=O. The summed E-state index contributed by atoms with van der Waals surface area (Å²) in [7, 11) is 0. The van der Waals surface area contributed by atoms with Gasteiger partial charge in [0.2, 0.25) is 5.91 Å². The fraction of sp³-hybridized carbons (Fsp3) is 0.394. The first-order valence-corrected chi connectivity index (χ1v) is 15.8. The van der Waals surface area contributed by atoms with Crippen LogP contribution in [0, 0.1) is 25.7 Å². The standard InChI is InChI=1S/C33H38N4O6S/c1-6-19-15(2)24(36-33(19)43)11-22-16(3)20(7-9-29(38)39)25(34-22)13-26-21(8-10-30(40)41)17(4)23(35-26)12-27-31(28-14-44-28)18(5)32(42)37-27/h6,11-12,18,28,31,34-35H,1,7-10,13-14H2,2-5H3,(H,36,43)(H,37,42)(H,38,39)(H,40,41)/b24-11+,27-12-/t18-,28-,31?/m1/s1. The first-order valence-electron chi connectivity index (χ1n) is 14.7. The van der Waals surface area contributed by atoms with E-state index in [-0.39, 0.29) is 36.5 Å². The van der Waals surface area contributed by atoms with Crippen LogP contribution in [0.2, 0.25) is 0 Å². The number of aromatic amines is 2. The van der Waals surface area contributed by atoms with Gasteiger partial charge in [0.25, 0.3) is 5.91 Å². The van der Waals surface area contributed by atoms with Crippen molar-refractivity contribution in [3.8, 4) is 0 Å². The molecular formula is C33H38N4O6S. The fourth-order valence-corrected chi connectivity index (χ4v) is 7.24. The Labute approximate surface area is 260 Å². The summed E-state index contributed by atoms with van der Waals surface area (Å²) in [5, 5.41) is 25.3. The Hall–Kier alpha value is -4.25. The maximum absolute atomic E-state index is 12.6. The van der Waals surface area contributed by atoms with E-state index in [1.165, 1.54) is 6.08 Å². The van der Waals surface area contributed by atoms with Crippen LogP contribution in [0.15, 0.2) is 35.2 Å². The third kappa shape index (κ3) is 6.19. The normalized spacial score (nSPS) is 23.0. The Kier molecular flexibility index (Phi) is 8.78. The summed E-state index contributed by atoms with van der Waals surface area (Å²) >= 11 is 1.85. The lowest BCUT2D eigenvalue weighted by Crippen LogP contribution is -2.17. The van der Waals surface area contributed by atoms with Gasteiger partial charge in [-0.15, -0.1) is 0 Å². The van der Waals surface area contributed by atoms with Gasteiger partial charge in [-0.3, -0.25) is 19.2 Å². The van der Waals surface area contributed by atoms with Gasteiger partial charge in [-0.05, 0) is 73.6 Å². The highest BCUT2D eigenvalue weighted by Gasteiger charge is 2.45. The van der Waals surface area contributed by atoms with Crippen LogP contribution in [-0.4, -0.2) is 54.9 Å². The number of aliphatic carboxylic acids is 2. The molecule has 11 heteroatoms. The minimum Gasteiger partial charge on any atom is -0.481 e. The van der Waals surface area contributed by atoms with Crippen molar-refractivity contribution in [2.75, 3.05) is 5.75 Å². The molecule has 1 unspecified atom stereocenters. The van der Waals surface area contributed by atoms with Crippen LogP contribution < -0.4 is 10.6 Å². The van der Waals surface area contributed by atoms with E-state index >= 15 is 0 Å². The van der Waals surface area contributed by atoms with Gasteiger partial charge in [0, 0.05) is 81.8 Å². The molecule has 3 aliphatic rings. The predicted octanol–water partition coefficient (Wildman–Crippen LogP) is 4.40. The van der Waals surface area contributed by atoms with Crippen molar-refractivity contribution in [1.29, 1.82) is 0 Å². The van der Waals surface area contributed by atoms with Crippen molar-refractivity contribution >= 4 is 47.7 Å². The molecule has 3 atom stereocenters. The summed E-state index contributed by atoms with van der Waals surface area (Å²) in [4.78, 5) is 55.0. The highest BCUT2D eigenvalue weighted by atomic mass is 32.2. The summed E-state index contributed by atoms with van der Waals surface area (Å²) in [6.07, 6.45) is 6.30. The van der Waals surface area contributed by atoms with Gasteiger partial charge in [-0.25, -0.2) is 0 Å². The lowest BCUT2D eigenvalue weighted by molar-refractivity contribution is -0.138. The largest absolute Gasteiger partial charge is 0.481 e. The van der Waals surface area contributed by atoms with Crippen molar-refractivity contribution in [3.05, 3.63) is 80.2 Å². The Morgan fingerprint density at radius 3 is 1.95 bits per heavy atom. The van der Waals surface area contributed by atoms with E-state index < -0.39 is 11.9 Å². The molecule has 0 aromatic carbocycles. The van der Waals surface area contributed by atoms with Gasteiger partial charge in [0.1, 0.15) is 0 Å². The summed E-state index contributed by atoms with van der Waals surface area (Å²) in [6, 6.07) is 0. The van der Waals surface area contributed by atoms with Crippen LogP contribution in [-0.2, 0) is 38.4 Å². The van der Waals surface area contributed by atoms with E-state index in [0.717, 1.165) is 62.1 Å². The third-order valence-electron chi connectivity index (χ3n) is 8.98. The number of allylic oxidation sites excluding steroid dienone is 2. The smallest absolute Gasteiger partial charge is 0.303 e. The zero-order chi connectivity index (χ0) is 31.9. The van der Waals surface area contributed by atoms with E-state index in [1.54, 1.807) is 0 Å². The van der Waals surface area contributed by atoms with Gasteiger partial charge < -0.3 is 30.8 Å². The van der Waals surface area contributed by atoms with Crippen LogP contribution in [0.3, 0.4) is 0 Å². The van der Waals surface area contributed by atoms with E-state index in [0.29, 0.717) is 35.8 Å². The highest BCUT2D eigenvalue weighted by Crippen LogP contribution is 2.46. The number of hydrogen-bond donors (Lipinski definition) is 6. The number of carboxylic acid groups (broad SMARTS) is 2. The van der Waals surface area contributed by atoms with Crippen LogP contribution >= 0.6 is 11.8 Å². The summed E-state index contributed by atoms with van der Waals surface area (Å²) in [5.41, 5.74) is 9.61. The number of carbonyl (C=O) groups is 4. The van der Waals surface area contributed by atoms with E-state index in [9.17, 15) is 29.4 Å². The van der Waals surface area contributed by atoms with Crippen molar-refractivity contribution < 1.29 is 29.4 Å². The second-order valence-corrected chi connectivity index (χ2v) is 13.0. The van der Waals surface area contributed by atoms with Crippen molar-refractivity contribution in [3.63, 3.8) is 0 Å². The third-order valence-corrected chi connectivity index (χ3v) is 9.99. The van der Waals surface area contributed by atoms with Crippen molar-refractivity contribution in [2.45, 2.75) is 65.0 Å². The highest BCUT2D eigenvalue weighted by molar-refractivity contribution is 8.06. The number of carbonyl (C=O) groups excluding carboxylic acids is 2. The molecule has 6 N–H and O–H groups in total. The van der Waals surface area contributed by atoms with Gasteiger partial charge in [-0.1, -0.05) is 19.6 Å². The van der Waals surface area contributed by atoms with Crippen LogP contribution in [0.5, 0.6) is 0 Å². The molecule has 2 fully saturated rings. The molecule has 0 bridgehead atoms. The number of hydrogen-bond acceptors (Lipinski definition) is 5. The molecule has 2 saturated heterocycles. The number of rotatable bonds is 12. The van der Waals surface area contributed by atoms with Crippen LogP contribution in [0.25, 0.3) is 12.2 Å². The molecule has 5 heterocycles. The van der Waals surface area contributed by atoms with Crippen LogP contribution in [0.4, 0.5) is 0 Å². The van der Waals surface area contributed by atoms with Crippen molar-refractivity contribution in [1.82, 2.24) is 20.6 Å². The number of thioether (sulfide) groups is 1. The van der Waals surface area contributed by atoms with Crippen molar-refractivity contribution in [2.24, 2.45) is 11.8 Å². The van der Waals surface area contributed by atoms with Gasteiger partial charge in [0.15, 0.2) is 0 Å². The Balaban J connectivity index is 1.55. The molecule has 5 rings (SSSR count). The molecule has 10 nitrogen and oxygen atoms in total. The zero-order valence-electron chi connectivity index (χ0n) is 25.3. The molecule has 0 saturated carbocycles. The second kappa shape index (κ2) is 12.4. The first kappa shape index (κ1) is 31.2. The maximum atomic E-state index is 12.6. The fourth-order valence-electron chi connectivity index (χ4n) is 6.33. The predicted molar refractivity (Wildman–Crippen MR) is 170 cm³/mol. The number of aromatic nitrogens is 2. The van der Waals surface area contributed by atoms with E-state index in [4.69, 9.17) is 0 Å². The van der Waals surface area contributed by atoms with Gasteiger partial charge >= 0.3 is 11.9 Å². The maximum Gasteiger partial charge on any atom is 0.303 e. The summed E-state index contributed by atoms with van der Waals surface area (Å²) < 4.78 is 0. The van der Waals surface area contributed by atoms with Gasteiger partial charge in [-0.2, -0.15) is 11.8 Å². The second-order valence-electron chi connectivity index (χ2n) is 11.7. The first-order chi connectivity index (χ1) is 20.9. The lowest BCUT2D eigenvalue weighted by atomic mass is 9.91. The average molecular weight is 619 g/mol. The molecule has 0 aliphatic carbocycles. The molecule has 2 amide bonds. The van der Waals surface area contributed by atoms with Gasteiger partial charge in [0.05, 0.1) is 0 Å². The molecule has 44 heavy (non-hydrogen) atoms. The molecular weight excluding hydrogens is 580 g/mol. The number of nitrogens with one attached hydrogen (secondary N) is 4. The quantitative estimate of drug-likeness (QED) is 0.192. The number of H-pyrrole nitrogens is 2. The number of carboxylic acids is 2. The molecule has 0 radical (unpaired) electrons. The molecule has 2 aromatic heterocycles. The molecule has 3 aliphatic heterocycles. The molecule has 0 spiro atoms. The Morgan fingerprint density at radius 2 is 1.48 bits per heavy atom. The van der Waals surface area contributed by atoms with E-state index in [1.807, 2.05) is 51.6 Å². The molecule has 232 valence electrons. The Morgan fingerprint density at radius 1 is 0.932 bits per heavy atom. The Bertz CT molecular complexity index is 1670. The summed E-state index contributed by atoms with van der Waals surface area (Å²) in [5.74, 6) is -0.984. The number of amides is 2. The topological polar surface area (TPSA) is 164 Å².